The van der Waals surface area contributed by atoms with Crippen LogP contribution in [0, 0.1) is 0 Å². The van der Waals surface area contributed by atoms with Crippen molar-refractivity contribution >= 4 is 16.8 Å². The van der Waals surface area contributed by atoms with Crippen molar-refractivity contribution in [2.45, 2.75) is 84.5 Å². The molecule has 0 aromatic carbocycles. The monoisotopic (exact) mass is 347 g/mol. The first-order chi connectivity index (χ1) is 10.1. The molecule has 0 N–H and O–H groups in total. The van der Waals surface area contributed by atoms with Crippen LogP contribution in [0.2, 0.25) is 23.2 Å². The van der Waals surface area contributed by atoms with Crippen molar-refractivity contribution in [2.75, 3.05) is 26.9 Å². The summed E-state index contributed by atoms with van der Waals surface area (Å²) in [6, 6.07) is 0. The third kappa shape index (κ3) is 4.90. The van der Waals surface area contributed by atoms with Gasteiger partial charge in [0.1, 0.15) is 8.24 Å². The first-order valence-corrected chi connectivity index (χ1v) is 13.7. The second kappa shape index (κ2) is 9.57. The Labute approximate surface area is 142 Å². The Morgan fingerprint density at radius 1 is 0.864 bits per heavy atom. The van der Waals surface area contributed by atoms with E-state index < -0.39 is 16.8 Å². The number of unbranched alkanes of at least 4 members (excludes halogenated alkanes) is 1. The average molecular weight is 348 g/mol. The van der Waals surface area contributed by atoms with Gasteiger partial charge in [0, 0.05) is 20.4 Å². The second-order valence-electron chi connectivity index (χ2n) is 7.67. The molecule has 0 amide bonds. The van der Waals surface area contributed by atoms with Crippen molar-refractivity contribution in [1.82, 2.24) is 4.57 Å². The highest BCUT2D eigenvalue weighted by Gasteiger charge is 2.50. The molecule has 0 saturated carbocycles. The number of hydrogen-bond acceptors (Lipinski definition) is 3. The molecule has 0 fully saturated rings. The molecule has 0 heterocycles. The first kappa shape index (κ1) is 22.3. The first-order valence-electron chi connectivity index (χ1n) is 8.97. The molecule has 5 heteroatoms. The van der Waals surface area contributed by atoms with E-state index >= 15 is 0 Å². The highest BCUT2D eigenvalue weighted by atomic mass is 28.4. The molecule has 0 aliphatic rings. The largest absolute Gasteiger partial charge is 0.397 e. The predicted octanol–water partition coefficient (Wildman–Crippen LogP) is 5.17. The van der Waals surface area contributed by atoms with E-state index in [0.717, 1.165) is 22.8 Å². The standard InChI is InChI=1S/C17H41NO2Si2/c1-11-12-13-18(14-21(10,19-8)20-9)22(15(2)3,16(4)5)17(6)7/h15-17H,11-14H2,1-10H3. The summed E-state index contributed by atoms with van der Waals surface area (Å²) in [6.07, 6.45) is 3.51. The van der Waals surface area contributed by atoms with Crippen LogP contribution in [-0.4, -0.2) is 48.3 Å². The van der Waals surface area contributed by atoms with E-state index in [0.29, 0.717) is 0 Å². The van der Waals surface area contributed by atoms with Gasteiger partial charge in [0.25, 0.3) is 0 Å². The lowest BCUT2D eigenvalue weighted by Gasteiger charge is -2.52. The van der Waals surface area contributed by atoms with Gasteiger partial charge in [-0.2, -0.15) is 0 Å². The molecule has 134 valence electrons. The quantitative estimate of drug-likeness (QED) is 0.481. The van der Waals surface area contributed by atoms with E-state index in [1.54, 1.807) is 0 Å². The molecule has 3 nitrogen and oxygen atoms in total. The molecular weight excluding hydrogens is 306 g/mol. The van der Waals surface area contributed by atoms with Gasteiger partial charge in [0.2, 0.25) is 0 Å². The minimum atomic E-state index is -2.10. The fraction of sp³-hybridized carbons (Fsp3) is 1.00. The van der Waals surface area contributed by atoms with Gasteiger partial charge >= 0.3 is 8.56 Å². The molecule has 22 heavy (non-hydrogen) atoms. The van der Waals surface area contributed by atoms with E-state index in [9.17, 15) is 0 Å². The normalized spacial score (nSPS) is 13.9. The van der Waals surface area contributed by atoms with Gasteiger partial charge in [-0.15, -0.1) is 0 Å². The Balaban J connectivity index is 5.76. The summed E-state index contributed by atoms with van der Waals surface area (Å²) in [5, 5.41) is 0. The Morgan fingerprint density at radius 3 is 1.55 bits per heavy atom. The zero-order valence-electron chi connectivity index (χ0n) is 16.8. The van der Waals surface area contributed by atoms with Crippen molar-refractivity contribution in [3.8, 4) is 0 Å². The summed E-state index contributed by atoms with van der Waals surface area (Å²) in [6.45, 7) is 20.3. The summed E-state index contributed by atoms with van der Waals surface area (Å²) in [7, 11) is -0.0926. The second-order valence-corrected chi connectivity index (χ2v) is 16.9. The molecule has 0 radical (unpaired) electrons. The van der Waals surface area contributed by atoms with Crippen LogP contribution < -0.4 is 0 Å². The van der Waals surface area contributed by atoms with Crippen LogP contribution in [0.15, 0.2) is 0 Å². The van der Waals surface area contributed by atoms with Gasteiger partial charge in [0.15, 0.2) is 0 Å². The maximum Gasteiger partial charge on any atom is 0.348 e. The molecule has 0 aliphatic heterocycles. The summed E-state index contributed by atoms with van der Waals surface area (Å²) >= 11 is 0. The van der Waals surface area contributed by atoms with Gasteiger partial charge in [-0.3, -0.25) is 0 Å². The van der Waals surface area contributed by atoms with Crippen molar-refractivity contribution in [2.24, 2.45) is 0 Å². The zero-order valence-corrected chi connectivity index (χ0v) is 18.8. The van der Waals surface area contributed by atoms with E-state index in [4.69, 9.17) is 8.85 Å². The molecule has 0 aromatic heterocycles. The fourth-order valence-corrected chi connectivity index (χ4v) is 14.4. The number of hydrogen-bond donors (Lipinski definition) is 0. The van der Waals surface area contributed by atoms with Crippen molar-refractivity contribution in [3.05, 3.63) is 0 Å². The van der Waals surface area contributed by atoms with Gasteiger partial charge in [0.05, 0.1) is 0 Å². The van der Waals surface area contributed by atoms with Gasteiger partial charge < -0.3 is 13.4 Å². The van der Waals surface area contributed by atoms with Gasteiger partial charge in [-0.05, 0) is 36.1 Å². The van der Waals surface area contributed by atoms with Crippen molar-refractivity contribution < 1.29 is 8.85 Å². The van der Waals surface area contributed by atoms with E-state index in [1.165, 1.54) is 19.4 Å². The van der Waals surface area contributed by atoms with E-state index in [-0.39, 0.29) is 0 Å². The van der Waals surface area contributed by atoms with E-state index in [2.05, 4.69) is 59.6 Å². The van der Waals surface area contributed by atoms with Crippen LogP contribution in [0.5, 0.6) is 0 Å². The lowest BCUT2D eigenvalue weighted by molar-refractivity contribution is 0.230. The maximum atomic E-state index is 5.83. The molecule has 0 bridgehead atoms. The summed E-state index contributed by atoms with van der Waals surface area (Å²) in [4.78, 5) is 0. The summed E-state index contributed by atoms with van der Waals surface area (Å²) in [5.74, 6) is 0. The van der Waals surface area contributed by atoms with Gasteiger partial charge in [-0.1, -0.05) is 54.9 Å². The third-order valence-corrected chi connectivity index (χ3v) is 15.5. The Morgan fingerprint density at radius 2 is 1.27 bits per heavy atom. The van der Waals surface area contributed by atoms with Crippen LogP contribution in [-0.2, 0) is 8.85 Å². The molecule has 0 atom stereocenters. The molecule has 0 aromatic rings. The highest BCUT2D eigenvalue weighted by Crippen LogP contribution is 2.44. The maximum absolute atomic E-state index is 5.83. The average Bonchev–Trinajstić information content (AvgIpc) is 2.43. The van der Waals surface area contributed by atoms with Crippen LogP contribution >= 0.6 is 0 Å². The minimum absolute atomic E-state index is 0.733. The zero-order chi connectivity index (χ0) is 17.6. The Hall–Kier alpha value is 0.314. The summed E-state index contributed by atoms with van der Waals surface area (Å²) in [5.41, 5.74) is 2.20. The van der Waals surface area contributed by atoms with Crippen molar-refractivity contribution in [1.29, 1.82) is 0 Å². The van der Waals surface area contributed by atoms with Crippen molar-refractivity contribution in [3.63, 3.8) is 0 Å². The van der Waals surface area contributed by atoms with Gasteiger partial charge in [-0.25, -0.2) is 0 Å². The lowest BCUT2D eigenvalue weighted by Crippen LogP contribution is -2.65. The Kier molecular flexibility index (Phi) is 9.71. The molecule has 0 spiro atoms. The molecule has 0 aliphatic carbocycles. The topological polar surface area (TPSA) is 21.7 Å². The highest BCUT2D eigenvalue weighted by molar-refractivity contribution is 6.82. The third-order valence-electron chi connectivity index (χ3n) is 5.45. The fourth-order valence-electron chi connectivity index (χ4n) is 4.41. The SMILES string of the molecule is CCCCN(C[Si](C)(OC)OC)[Si](C(C)C)(C(C)C)C(C)C. The minimum Gasteiger partial charge on any atom is -0.397 e. The smallest absolute Gasteiger partial charge is 0.348 e. The van der Waals surface area contributed by atoms with Crippen LogP contribution in [0.1, 0.15) is 61.3 Å². The Bertz CT molecular complexity index is 283. The molecule has 0 unspecified atom stereocenters. The van der Waals surface area contributed by atoms with Crippen LogP contribution in [0.4, 0.5) is 0 Å². The van der Waals surface area contributed by atoms with Crippen LogP contribution in [0.25, 0.3) is 0 Å². The number of rotatable bonds is 11. The predicted molar refractivity (Wildman–Crippen MR) is 103 cm³/mol. The number of nitrogens with zero attached hydrogens (tertiary/aromatic N) is 1. The molecule has 0 saturated heterocycles. The molecular formula is C17H41NO2Si2. The summed E-state index contributed by atoms with van der Waals surface area (Å²) < 4.78 is 14.5. The van der Waals surface area contributed by atoms with E-state index in [1.807, 2.05) is 14.2 Å². The van der Waals surface area contributed by atoms with Crippen LogP contribution in [0.3, 0.4) is 0 Å². The lowest BCUT2D eigenvalue weighted by atomic mass is 10.3. The molecule has 0 rings (SSSR count).